The van der Waals surface area contributed by atoms with Gasteiger partial charge in [0, 0.05) is 49.3 Å². The summed E-state index contributed by atoms with van der Waals surface area (Å²) >= 11 is 1.52. The van der Waals surface area contributed by atoms with Gasteiger partial charge in [-0.05, 0) is 33.3 Å². The molecule has 2 amide bonds. The Morgan fingerprint density at radius 3 is 2.82 bits per heavy atom. The first kappa shape index (κ1) is 20.7. The minimum atomic E-state index is -0.629. The number of ether oxygens (including phenoxy) is 1. The lowest BCUT2D eigenvalue weighted by molar-refractivity contribution is -0.140. The fraction of sp³-hybridized carbons (Fsp3) is 0.524. The second-order valence-electron chi connectivity index (χ2n) is 7.22. The molecule has 0 fully saturated rings. The molecule has 0 spiro atoms. The number of amides is 2. The van der Waals surface area contributed by atoms with Crippen molar-refractivity contribution < 1.29 is 14.3 Å². The summed E-state index contributed by atoms with van der Waals surface area (Å²) in [6.07, 6.45) is 0.749. The molecule has 0 aliphatic carbocycles. The zero-order valence-corrected chi connectivity index (χ0v) is 17.8. The maximum Gasteiger partial charge on any atom is 0.247 e. The van der Waals surface area contributed by atoms with Crippen molar-refractivity contribution >= 4 is 34.5 Å². The Balaban J connectivity index is 2.01. The van der Waals surface area contributed by atoms with Gasteiger partial charge in [0.2, 0.25) is 11.8 Å². The Labute approximate surface area is 170 Å². The number of benzene rings is 1. The molecule has 7 heteroatoms. The highest BCUT2D eigenvalue weighted by Crippen LogP contribution is 2.42. The summed E-state index contributed by atoms with van der Waals surface area (Å²) in [7, 11) is 2.00. The van der Waals surface area contributed by atoms with Crippen LogP contribution in [-0.2, 0) is 21.4 Å². The van der Waals surface area contributed by atoms with Gasteiger partial charge in [0.05, 0.1) is 10.8 Å². The van der Waals surface area contributed by atoms with Crippen molar-refractivity contribution in [2.24, 2.45) is 7.05 Å². The fourth-order valence-corrected chi connectivity index (χ4v) is 4.87. The summed E-state index contributed by atoms with van der Waals surface area (Å²) in [6, 6.07) is 7.38. The minimum absolute atomic E-state index is 0.00486. The number of fused-ring (bicyclic) bond motifs is 3. The highest BCUT2D eigenvalue weighted by molar-refractivity contribution is 8.00. The Morgan fingerprint density at radius 2 is 2.11 bits per heavy atom. The van der Waals surface area contributed by atoms with Crippen LogP contribution in [-0.4, -0.2) is 52.8 Å². The first-order valence-electron chi connectivity index (χ1n) is 9.84. The van der Waals surface area contributed by atoms with Crippen molar-refractivity contribution in [2.75, 3.05) is 25.5 Å². The van der Waals surface area contributed by atoms with Crippen molar-refractivity contribution in [3.8, 4) is 0 Å². The highest BCUT2D eigenvalue weighted by atomic mass is 32.2. The van der Waals surface area contributed by atoms with Gasteiger partial charge >= 0.3 is 0 Å². The molecular weight excluding hydrogens is 374 g/mol. The third-order valence-corrected chi connectivity index (χ3v) is 6.19. The second kappa shape index (κ2) is 9.01. The van der Waals surface area contributed by atoms with E-state index in [0.29, 0.717) is 25.5 Å². The molecule has 1 aromatic carbocycles. The average Bonchev–Trinajstić information content (AvgIpc) is 2.84. The SMILES string of the molecule is CCOCCCNC(=O)C1c2c(n(C)c3ccccc23)SCC(=O)N1C(C)C. The Bertz CT molecular complexity index is 862. The summed E-state index contributed by atoms with van der Waals surface area (Å²) in [5.41, 5.74) is 2.01. The third kappa shape index (κ3) is 3.91. The van der Waals surface area contributed by atoms with Crippen LogP contribution in [0.1, 0.15) is 38.8 Å². The monoisotopic (exact) mass is 403 g/mol. The fourth-order valence-electron chi connectivity index (χ4n) is 3.80. The average molecular weight is 404 g/mol. The van der Waals surface area contributed by atoms with Crippen LogP contribution in [0.5, 0.6) is 0 Å². The van der Waals surface area contributed by atoms with E-state index < -0.39 is 6.04 Å². The zero-order valence-electron chi connectivity index (χ0n) is 17.0. The number of rotatable bonds is 7. The predicted molar refractivity (Wildman–Crippen MR) is 112 cm³/mol. The number of hydrogen-bond donors (Lipinski definition) is 1. The highest BCUT2D eigenvalue weighted by Gasteiger charge is 2.39. The van der Waals surface area contributed by atoms with Crippen LogP contribution in [0, 0.1) is 0 Å². The van der Waals surface area contributed by atoms with Gasteiger partial charge in [0.1, 0.15) is 6.04 Å². The normalized spacial score (nSPS) is 17.1. The van der Waals surface area contributed by atoms with Gasteiger partial charge in [-0.15, -0.1) is 0 Å². The molecule has 0 radical (unpaired) electrons. The summed E-state index contributed by atoms with van der Waals surface area (Å²) in [5, 5.41) is 5.05. The molecule has 1 atom stereocenters. The number of carbonyl (C=O) groups is 2. The van der Waals surface area contributed by atoms with Gasteiger partial charge in [-0.3, -0.25) is 9.59 Å². The molecule has 0 saturated carbocycles. The lowest BCUT2D eigenvalue weighted by Crippen LogP contribution is -2.47. The molecule has 3 rings (SSSR count). The predicted octanol–water partition coefficient (Wildman–Crippen LogP) is 3.10. The first-order valence-corrected chi connectivity index (χ1v) is 10.8. The number of para-hydroxylation sites is 1. The molecule has 1 aliphatic heterocycles. The van der Waals surface area contributed by atoms with Gasteiger partial charge in [-0.1, -0.05) is 30.0 Å². The van der Waals surface area contributed by atoms with Crippen LogP contribution in [0.3, 0.4) is 0 Å². The molecule has 0 bridgehead atoms. The minimum Gasteiger partial charge on any atom is -0.382 e. The number of carbonyl (C=O) groups excluding carboxylic acids is 2. The molecular formula is C21H29N3O3S. The molecule has 2 heterocycles. The third-order valence-electron chi connectivity index (χ3n) is 5.04. The molecule has 0 saturated heterocycles. The maximum atomic E-state index is 13.3. The Kier molecular flexibility index (Phi) is 6.67. The Morgan fingerprint density at radius 1 is 1.36 bits per heavy atom. The van der Waals surface area contributed by atoms with Crippen molar-refractivity contribution in [2.45, 2.75) is 44.3 Å². The van der Waals surface area contributed by atoms with Crippen molar-refractivity contribution in [3.05, 3.63) is 29.8 Å². The summed E-state index contributed by atoms with van der Waals surface area (Å²) in [4.78, 5) is 27.9. The summed E-state index contributed by atoms with van der Waals surface area (Å²) in [5.74, 6) is 0.206. The number of aromatic nitrogens is 1. The van der Waals surface area contributed by atoms with Crippen molar-refractivity contribution in [1.29, 1.82) is 0 Å². The van der Waals surface area contributed by atoms with Gasteiger partial charge < -0.3 is 19.5 Å². The second-order valence-corrected chi connectivity index (χ2v) is 8.19. The molecule has 1 aromatic heterocycles. The lowest BCUT2D eigenvalue weighted by atomic mass is 10.0. The van der Waals surface area contributed by atoms with Crippen molar-refractivity contribution in [3.63, 3.8) is 0 Å². The van der Waals surface area contributed by atoms with E-state index >= 15 is 0 Å². The van der Waals surface area contributed by atoms with E-state index in [9.17, 15) is 9.59 Å². The molecule has 28 heavy (non-hydrogen) atoms. The molecule has 2 aromatic rings. The van der Waals surface area contributed by atoms with Gasteiger partial charge in [0.15, 0.2) is 0 Å². The molecule has 1 aliphatic rings. The number of nitrogens with one attached hydrogen (secondary N) is 1. The standard InChI is InChI=1S/C21H29N3O3S/c1-5-27-12-8-11-22-20(26)19-18-15-9-6-7-10-16(15)23(4)21(18)28-13-17(25)24(19)14(2)3/h6-7,9-10,14,19H,5,8,11-13H2,1-4H3,(H,22,26). The van der Waals surface area contributed by atoms with Crippen LogP contribution < -0.4 is 5.32 Å². The Hall–Kier alpha value is -1.99. The van der Waals surface area contributed by atoms with E-state index in [4.69, 9.17) is 4.74 Å². The van der Waals surface area contributed by atoms with E-state index in [1.165, 1.54) is 11.8 Å². The number of thioether (sulfide) groups is 1. The molecule has 1 unspecified atom stereocenters. The number of aryl methyl sites for hydroxylation is 1. The molecule has 6 nitrogen and oxygen atoms in total. The lowest BCUT2D eigenvalue weighted by Gasteiger charge is -2.33. The summed E-state index contributed by atoms with van der Waals surface area (Å²) < 4.78 is 7.45. The first-order chi connectivity index (χ1) is 13.5. The molecule has 1 N–H and O–H groups in total. The van der Waals surface area contributed by atoms with E-state index in [1.807, 2.05) is 46.0 Å². The van der Waals surface area contributed by atoms with E-state index in [-0.39, 0.29) is 17.9 Å². The van der Waals surface area contributed by atoms with Crippen LogP contribution in [0.4, 0.5) is 0 Å². The summed E-state index contributed by atoms with van der Waals surface area (Å²) in [6.45, 7) is 7.70. The van der Waals surface area contributed by atoms with Crippen LogP contribution in [0.15, 0.2) is 29.3 Å². The van der Waals surface area contributed by atoms with Gasteiger partial charge in [-0.2, -0.15) is 0 Å². The van der Waals surface area contributed by atoms with Crippen LogP contribution in [0.25, 0.3) is 10.9 Å². The van der Waals surface area contributed by atoms with Gasteiger partial charge in [-0.25, -0.2) is 0 Å². The van der Waals surface area contributed by atoms with Crippen LogP contribution in [0.2, 0.25) is 0 Å². The van der Waals surface area contributed by atoms with E-state index in [0.717, 1.165) is 27.9 Å². The van der Waals surface area contributed by atoms with E-state index in [2.05, 4.69) is 16.0 Å². The van der Waals surface area contributed by atoms with Crippen LogP contribution >= 0.6 is 11.8 Å². The quantitative estimate of drug-likeness (QED) is 0.722. The number of hydrogen-bond acceptors (Lipinski definition) is 4. The number of nitrogens with zero attached hydrogens (tertiary/aromatic N) is 2. The molecule has 152 valence electrons. The largest absolute Gasteiger partial charge is 0.382 e. The topological polar surface area (TPSA) is 63.6 Å². The van der Waals surface area contributed by atoms with Gasteiger partial charge in [0.25, 0.3) is 0 Å². The zero-order chi connectivity index (χ0) is 20.3. The smallest absolute Gasteiger partial charge is 0.247 e. The van der Waals surface area contributed by atoms with E-state index in [1.54, 1.807) is 4.90 Å². The maximum absolute atomic E-state index is 13.3. The van der Waals surface area contributed by atoms with Crippen molar-refractivity contribution in [1.82, 2.24) is 14.8 Å².